The van der Waals surface area contributed by atoms with Crippen LogP contribution in [-0.4, -0.2) is 61.6 Å². The highest BCUT2D eigenvalue weighted by atomic mass is 16.5. The van der Waals surface area contributed by atoms with Crippen LogP contribution in [0.15, 0.2) is 73.1 Å². The largest absolute Gasteiger partial charge is 0.457 e. The minimum absolute atomic E-state index is 0.0420. The molecule has 0 atom stereocenters. The molecule has 1 N–H and O–H groups in total. The van der Waals surface area contributed by atoms with Gasteiger partial charge in [0.1, 0.15) is 23.1 Å². The van der Waals surface area contributed by atoms with Crippen LogP contribution in [0.25, 0.3) is 17.0 Å². The molecule has 11 heteroatoms. The average Bonchev–Trinajstić information content (AvgIpc) is 3.43. The molecule has 1 aliphatic rings. The van der Waals surface area contributed by atoms with Crippen molar-refractivity contribution in [1.29, 1.82) is 5.26 Å². The maximum atomic E-state index is 11.9. The van der Waals surface area contributed by atoms with Crippen LogP contribution < -0.4 is 15.0 Å². The van der Waals surface area contributed by atoms with Crippen molar-refractivity contribution < 1.29 is 9.53 Å². The fourth-order valence-corrected chi connectivity index (χ4v) is 4.95. The third kappa shape index (κ3) is 5.42. The number of carbonyl (C=O) groups excluding carboxylic acids is 1. The molecule has 1 fully saturated rings. The first-order valence-electron chi connectivity index (χ1n) is 13.8. The molecular weight excluding hydrogens is 530 g/mol. The maximum Gasteiger partial charge on any atom is 0.256 e. The first-order valence-corrected chi connectivity index (χ1v) is 13.8. The SMILES string of the molecule is CCc1ccc(-c2c(C#N)c(N3CCN(C(C)=O)CC3)nc3nc(Nc4ccc(Oc5ccncc5)cc4)nn23)cc1. The van der Waals surface area contributed by atoms with E-state index in [-0.39, 0.29) is 5.91 Å². The number of pyridine rings is 1. The van der Waals surface area contributed by atoms with Crippen molar-refractivity contribution in [3.63, 3.8) is 0 Å². The molecule has 3 aromatic heterocycles. The quantitative estimate of drug-likeness (QED) is 0.299. The lowest BCUT2D eigenvalue weighted by atomic mass is 10.0. The van der Waals surface area contributed by atoms with Gasteiger partial charge in [-0.25, -0.2) is 0 Å². The highest BCUT2D eigenvalue weighted by Crippen LogP contribution is 2.32. The Bertz CT molecular complexity index is 1750. The average molecular weight is 560 g/mol. The van der Waals surface area contributed by atoms with Crippen molar-refractivity contribution in [2.45, 2.75) is 20.3 Å². The molecule has 210 valence electrons. The van der Waals surface area contributed by atoms with E-state index in [2.05, 4.69) is 40.4 Å². The number of piperazine rings is 1. The van der Waals surface area contributed by atoms with Gasteiger partial charge in [-0.2, -0.15) is 19.7 Å². The first kappa shape index (κ1) is 26.7. The Morgan fingerprint density at radius 2 is 1.64 bits per heavy atom. The van der Waals surface area contributed by atoms with Crippen molar-refractivity contribution in [2.75, 3.05) is 36.4 Å². The smallest absolute Gasteiger partial charge is 0.256 e. The molecule has 5 aromatic rings. The third-order valence-corrected chi connectivity index (χ3v) is 7.24. The normalized spacial score (nSPS) is 13.2. The number of nitrogens with one attached hydrogen (secondary N) is 1. The van der Waals surface area contributed by atoms with Crippen LogP contribution in [0.4, 0.5) is 17.5 Å². The molecule has 1 amide bonds. The Kier molecular flexibility index (Phi) is 7.34. The van der Waals surface area contributed by atoms with E-state index < -0.39 is 0 Å². The molecule has 0 saturated carbocycles. The van der Waals surface area contributed by atoms with Gasteiger partial charge in [-0.3, -0.25) is 9.78 Å². The van der Waals surface area contributed by atoms with Crippen LogP contribution in [-0.2, 0) is 11.2 Å². The number of hydrogen-bond donors (Lipinski definition) is 1. The number of anilines is 3. The number of aromatic nitrogens is 5. The minimum Gasteiger partial charge on any atom is -0.457 e. The second-order valence-electron chi connectivity index (χ2n) is 9.90. The summed E-state index contributed by atoms with van der Waals surface area (Å²) >= 11 is 0. The van der Waals surface area contributed by atoms with E-state index in [9.17, 15) is 10.1 Å². The summed E-state index contributed by atoms with van der Waals surface area (Å²) < 4.78 is 7.48. The fourth-order valence-electron chi connectivity index (χ4n) is 4.95. The summed E-state index contributed by atoms with van der Waals surface area (Å²) in [5.41, 5.74) is 3.84. The van der Waals surface area contributed by atoms with Gasteiger partial charge in [-0.1, -0.05) is 31.2 Å². The van der Waals surface area contributed by atoms with Gasteiger partial charge in [-0.05, 0) is 48.4 Å². The van der Waals surface area contributed by atoms with Gasteiger partial charge in [0.05, 0.1) is 5.69 Å². The van der Waals surface area contributed by atoms with Crippen molar-refractivity contribution in [1.82, 2.24) is 29.5 Å². The summed E-state index contributed by atoms with van der Waals surface area (Å²) in [4.78, 5) is 29.2. The number of hydrogen-bond acceptors (Lipinski definition) is 9. The lowest BCUT2D eigenvalue weighted by Gasteiger charge is -2.35. The van der Waals surface area contributed by atoms with Gasteiger partial charge in [-0.15, -0.1) is 5.10 Å². The van der Waals surface area contributed by atoms with Crippen LogP contribution in [0.1, 0.15) is 25.0 Å². The Labute approximate surface area is 243 Å². The summed E-state index contributed by atoms with van der Waals surface area (Å²) in [6.07, 6.45) is 4.26. The van der Waals surface area contributed by atoms with Crippen molar-refractivity contribution in [3.8, 4) is 28.8 Å². The summed E-state index contributed by atoms with van der Waals surface area (Å²) in [7, 11) is 0. The van der Waals surface area contributed by atoms with E-state index in [1.807, 2.05) is 41.3 Å². The fraction of sp³-hybridized carbons (Fsp3) is 0.226. The lowest BCUT2D eigenvalue weighted by Crippen LogP contribution is -2.48. The highest BCUT2D eigenvalue weighted by Gasteiger charge is 2.27. The van der Waals surface area contributed by atoms with E-state index >= 15 is 0 Å². The van der Waals surface area contributed by atoms with Crippen LogP contribution in [0.5, 0.6) is 11.5 Å². The van der Waals surface area contributed by atoms with Crippen molar-refractivity contribution in [3.05, 3.63) is 84.2 Å². The number of rotatable bonds is 7. The van der Waals surface area contributed by atoms with E-state index in [4.69, 9.17) is 14.8 Å². The van der Waals surface area contributed by atoms with E-state index in [0.717, 1.165) is 17.7 Å². The number of fused-ring (bicyclic) bond motifs is 1. The van der Waals surface area contributed by atoms with Gasteiger partial charge in [0.15, 0.2) is 5.82 Å². The summed E-state index contributed by atoms with van der Waals surface area (Å²) in [6.45, 7) is 5.94. The number of amides is 1. The van der Waals surface area contributed by atoms with E-state index in [1.165, 1.54) is 5.56 Å². The van der Waals surface area contributed by atoms with Crippen LogP contribution in [0.3, 0.4) is 0 Å². The molecule has 0 aliphatic carbocycles. The summed E-state index contributed by atoms with van der Waals surface area (Å²) in [6, 6.07) is 21.5. The van der Waals surface area contributed by atoms with Crippen molar-refractivity contribution >= 4 is 29.1 Å². The molecule has 0 spiro atoms. The van der Waals surface area contributed by atoms with Crippen LogP contribution in [0, 0.1) is 11.3 Å². The van der Waals surface area contributed by atoms with E-state index in [0.29, 0.717) is 66.5 Å². The molecule has 1 aliphatic heterocycles. The molecule has 11 nitrogen and oxygen atoms in total. The van der Waals surface area contributed by atoms with Gasteiger partial charge in [0.25, 0.3) is 5.78 Å². The summed E-state index contributed by atoms with van der Waals surface area (Å²) in [5.74, 6) is 2.68. The zero-order valence-corrected chi connectivity index (χ0v) is 23.4. The van der Waals surface area contributed by atoms with Crippen LogP contribution in [0.2, 0.25) is 0 Å². The molecule has 4 heterocycles. The van der Waals surface area contributed by atoms with Crippen molar-refractivity contribution in [2.24, 2.45) is 0 Å². The topological polar surface area (TPSA) is 125 Å². The Morgan fingerprint density at radius 1 is 0.952 bits per heavy atom. The van der Waals surface area contributed by atoms with E-state index in [1.54, 1.807) is 40.9 Å². The van der Waals surface area contributed by atoms with Gasteiger partial charge in [0.2, 0.25) is 11.9 Å². The third-order valence-electron chi connectivity index (χ3n) is 7.24. The highest BCUT2D eigenvalue weighted by molar-refractivity contribution is 5.77. The zero-order chi connectivity index (χ0) is 29.1. The van der Waals surface area contributed by atoms with Gasteiger partial charge < -0.3 is 19.9 Å². The van der Waals surface area contributed by atoms with Crippen LogP contribution >= 0.6 is 0 Å². The Hall–Kier alpha value is -5.50. The second kappa shape index (κ2) is 11.5. The molecule has 0 unspecified atom stereocenters. The molecule has 2 aromatic carbocycles. The molecule has 0 radical (unpaired) electrons. The number of ether oxygens (including phenoxy) is 1. The maximum absolute atomic E-state index is 11.9. The zero-order valence-electron chi connectivity index (χ0n) is 23.4. The number of nitriles is 1. The number of nitrogens with zero attached hydrogens (tertiary/aromatic N) is 8. The molecule has 0 bridgehead atoms. The van der Waals surface area contributed by atoms with Gasteiger partial charge in [0, 0.05) is 56.7 Å². The molecule has 6 rings (SSSR count). The minimum atomic E-state index is 0.0420. The number of aryl methyl sites for hydroxylation is 1. The molecule has 1 saturated heterocycles. The Morgan fingerprint density at radius 3 is 2.29 bits per heavy atom. The number of carbonyl (C=O) groups is 1. The standard InChI is InChI=1S/C31H29N9O2/c1-3-22-4-6-23(7-5-22)28-27(20-32)29(39-18-16-38(17-19-39)21(2)41)35-31-36-30(37-40(28)31)34-24-8-10-25(11-9-24)42-26-12-14-33-15-13-26/h4-15H,3,16-19H2,1-2H3,(H,34,37). The lowest BCUT2D eigenvalue weighted by molar-refractivity contribution is -0.129. The summed E-state index contributed by atoms with van der Waals surface area (Å²) in [5, 5.41) is 18.4. The Balaban J connectivity index is 1.36. The van der Waals surface area contributed by atoms with Gasteiger partial charge >= 0.3 is 0 Å². The predicted octanol–water partition coefficient (Wildman–Crippen LogP) is 4.82. The monoisotopic (exact) mass is 559 g/mol. The number of benzene rings is 2. The first-order chi connectivity index (χ1) is 20.5. The molecular formula is C31H29N9O2. The molecule has 42 heavy (non-hydrogen) atoms. The predicted molar refractivity (Wildman–Crippen MR) is 159 cm³/mol. The second-order valence-corrected chi connectivity index (χ2v) is 9.90.